The summed E-state index contributed by atoms with van der Waals surface area (Å²) in [6, 6.07) is 8.39. The molecule has 2 N–H and O–H groups in total. The Bertz CT molecular complexity index is 427. The van der Waals surface area contributed by atoms with Crippen molar-refractivity contribution < 1.29 is 5.11 Å². The molecule has 4 heteroatoms. The highest BCUT2D eigenvalue weighted by atomic mass is 35.5. The topological polar surface area (TPSA) is 35.5 Å². The van der Waals surface area contributed by atoms with Crippen LogP contribution in [0.4, 0.5) is 0 Å². The third-order valence-electron chi connectivity index (χ3n) is 4.28. The average molecular weight is 297 g/mol. The Hall–Kier alpha value is -0.610. The molecule has 1 aliphatic rings. The number of rotatable bonds is 5. The monoisotopic (exact) mass is 296 g/mol. The number of halogens is 1. The standard InChI is InChI=1S/C16H25ClN2O/c1-12-11-19(9-7-16(12)20)8-6-15(18-2)13-4-3-5-14(17)10-13/h3-5,10,12,15-16,18,20H,6-9,11H2,1-2H3. The van der Waals surface area contributed by atoms with Crippen molar-refractivity contribution in [2.24, 2.45) is 5.92 Å². The van der Waals surface area contributed by atoms with Crippen LogP contribution in [0.3, 0.4) is 0 Å². The molecule has 0 bridgehead atoms. The smallest absolute Gasteiger partial charge is 0.0590 e. The van der Waals surface area contributed by atoms with Crippen molar-refractivity contribution in [2.75, 3.05) is 26.7 Å². The van der Waals surface area contributed by atoms with Gasteiger partial charge in [-0.15, -0.1) is 0 Å². The van der Waals surface area contributed by atoms with E-state index in [0.29, 0.717) is 12.0 Å². The summed E-state index contributed by atoms with van der Waals surface area (Å²) < 4.78 is 0. The van der Waals surface area contributed by atoms with E-state index in [1.54, 1.807) is 0 Å². The molecular weight excluding hydrogens is 272 g/mol. The van der Waals surface area contributed by atoms with Crippen LogP contribution >= 0.6 is 11.6 Å². The van der Waals surface area contributed by atoms with Gasteiger partial charge >= 0.3 is 0 Å². The normalized spacial score (nSPS) is 25.6. The summed E-state index contributed by atoms with van der Waals surface area (Å²) in [6.07, 6.45) is 1.82. The second-order valence-electron chi connectivity index (χ2n) is 5.82. The van der Waals surface area contributed by atoms with E-state index >= 15 is 0 Å². The minimum atomic E-state index is -0.126. The number of piperidine rings is 1. The second-order valence-corrected chi connectivity index (χ2v) is 6.26. The summed E-state index contributed by atoms with van der Waals surface area (Å²) in [5.74, 6) is 0.378. The van der Waals surface area contributed by atoms with Gasteiger partial charge in [0.15, 0.2) is 0 Å². The predicted octanol–water partition coefficient (Wildman–Crippen LogP) is 2.69. The highest BCUT2D eigenvalue weighted by Gasteiger charge is 2.24. The fraction of sp³-hybridized carbons (Fsp3) is 0.625. The van der Waals surface area contributed by atoms with Gasteiger partial charge in [0.2, 0.25) is 0 Å². The number of aliphatic hydroxyl groups is 1. The molecule has 1 aromatic rings. The molecule has 0 aromatic heterocycles. The lowest BCUT2D eigenvalue weighted by Crippen LogP contribution is -2.42. The van der Waals surface area contributed by atoms with Crippen molar-refractivity contribution >= 4 is 11.6 Å². The van der Waals surface area contributed by atoms with Crippen molar-refractivity contribution in [2.45, 2.75) is 31.9 Å². The molecule has 0 radical (unpaired) electrons. The fourth-order valence-electron chi connectivity index (χ4n) is 2.94. The number of nitrogens with zero attached hydrogens (tertiary/aromatic N) is 1. The number of benzene rings is 1. The van der Waals surface area contributed by atoms with Crippen LogP contribution < -0.4 is 5.32 Å². The van der Waals surface area contributed by atoms with Crippen LogP contribution in [0.2, 0.25) is 5.02 Å². The minimum absolute atomic E-state index is 0.126. The first-order chi connectivity index (χ1) is 9.60. The summed E-state index contributed by atoms with van der Waals surface area (Å²) in [5, 5.41) is 13.9. The first-order valence-electron chi connectivity index (χ1n) is 7.43. The number of aliphatic hydroxyl groups excluding tert-OH is 1. The number of hydrogen-bond donors (Lipinski definition) is 2. The van der Waals surface area contributed by atoms with Crippen LogP contribution in [0.15, 0.2) is 24.3 Å². The van der Waals surface area contributed by atoms with E-state index in [1.165, 1.54) is 5.56 Å². The maximum Gasteiger partial charge on any atom is 0.0590 e. The zero-order valence-corrected chi connectivity index (χ0v) is 13.1. The van der Waals surface area contributed by atoms with Crippen LogP contribution in [-0.4, -0.2) is 42.8 Å². The highest BCUT2D eigenvalue weighted by Crippen LogP contribution is 2.22. The Morgan fingerprint density at radius 2 is 2.30 bits per heavy atom. The number of likely N-dealkylation sites (tertiary alicyclic amines) is 1. The number of nitrogens with one attached hydrogen (secondary N) is 1. The molecular formula is C16H25ClN2O. The molecule has 112 valence electrons. The summed E-state index contributed by atoms with van der Waals surface area (Å²) in [7, 11) is 1.99. The van der Waals surface area contributed by atoms with Gasteiger partial charge in [0.1, 0.15) is 0 Å². The van der Waals surface area contributed by atoms with Gasteiger partial charge in [0, 0.05) is 24.2 Å². The molecule has 1 heterocycles. The first-order valence-corrected chi connectivity index (χ1v) is 7.81. The first kappa shape index (κ1) is 15.8. The average Bonchev–Trinajstić information content (AvgIpc) is 2.43. The van der Waals surface area contributed by atoms with Gasteiger partial charge < -0.3 is 15.3 Å². The maximum absolute atomic E-state index is 9.77. The third kappa shape index (κ3) is 4.19. The quantitative estimate of drug-likeness (QED) is 0.877. The van der Waals surface area contributed by atoms with E-state index in [1.807, 2.05) is 25.2 Å². The van der Waals surface area contributed by atoms with E-state index in [0.717, 1.165) is 37.5 Å². The molecule has 0 spiro atoms. The molecule has 0 aliphatic carbocycles. The minimum Gasteiger partial charge on any atom is -0.393 e. The van der Waals surface area contributed by atoms with Crippen molar-refractivity contribution in [3.63, 3.8) is 0 Å². The van der Waals surface area contributed by atoms with Crippen molar-refractivity contribution in [1.82, 2.24) is 10.2 Å². The second kappa shape index (κ2) is 7.41. The predicted molar refractivity (Wildman–Crippen MR) is 84.1 cm³/mol. The van der Waals surface area contributed by atoms with E-state index in [-0.39, 0.29) is 6.10 Å². The number of hydrogen-bond acceptors (Lipinski definition) is 3. The molecule has 3 unspecified atom stereocenters. The van der Waals surface area contributed by atoms with E-state index in [4.69, 9.17) is 11.6 Å². The SMILES string of the molecule is CNC(CCN1CCC(O)C(C)C1)c1cccc(Cl)c1. The molecule has 3 atom stereocenters. The summed E-state index contributed by atoms with van der Waals surface area (Å²) in [4.78, 5) is 2.45. The fourth-order valence-corrected chi connectivity index (χ4v) is 3.13. The van der Waals surface area contributed by atoms with Gasteiger partial charge in [-0.1, -0.05) is 30.7 Å². The summed E-state index contributed by atoms with van der Waals surface area (Å²) in [5.41, 5.74) is 1.24. The van der Waals surface area contributed by atoms with Gasteiger partial charge in [0.25, 0.3) is 0 Å². The van der Waals surface area contributed by atoms with Crippen molar-refractivity contribution in [1.29, 1.82) is 0 Å². The zero-order valence-electron chi connectivity index (χ0n) is 12.3. The Morgan fingerprint density at radius 3 is 2.95 bits per heavy atom. The van der Waals surface area contributed by atoms with Gasteiger partial charge in [-0.2, -0.15) is 0 Å². The molecule has 0 amide bonds. The van der Waals surface area contributed by atoms with E-state index in [2.05, 4.69) is 23.2 Å². The molecule has 1 aromatic carbocycles. The highest BCUT2D eigenvalue weighted by molar-refractivity contribution is 6.30. The van der Waals surface area contributed by atoms with Crippen LogP contribution in [0.5, 0.6) is 0 Å². The van der Waals surface area contributed by atoms with E-state index in [9.17, 15) is 5.11 Å². The van der Waals surface area contributed by atoms with Crippen molar-refractivity contribution in [3.8, 4) is 0 Å². The van der Waals surface area contributed by atoms with Crippen LogP contribution in [0, 0.1) is 5.92 Å². The molecule has 20 heavy (non-hydrogen) atoms. The molecule has 1 saturated heterocycles. The molecule has 1 aliphatic heterocycles. The Balaban J connectivity index is 1.88. The molecule has 1 fully saturated rings. The van der Waals surface area contributed by atoms with Gasteiger partial charge in [-0.05, 0) is 50.0 Å². The zero-order chi connectivity index (χ0) is 14.5. The lowest BCUT2D eigenvalue weighted by Gasteiger charge is -2.35. The van der Waals surface area contributed by atoms with E-state index < -0.39 is 0 Å². The summed E-state index contributed by atoms with van der Waals surface area (Å²) >= 11 is 6.06. The third-order valence-corrected chi connectivity index (χ3v) is 4.51. The summed E-state index contributed by atoms with van der Waals surface area (Å²) in [6.45, 7) is 5.17. The van der Waals surface area contributed by atoms with Gasteiger partial charge in [-0.3, -0.25) is 0 Å². The van der Waals surface area contributed by atoms with Crippen LogP contribution in [-0.2, 0) is 0 Å². The van der Waals surface area contributed by atoms with Gasteiger partial charge in [0.05, 0.1) is 6.10 Å². The van der Waals surface area contributed by atoms with Crippen molar-refractivity contribution in [3.05, 3.63) is 34.9 Å². The molecule has 0 saturated carbocycles. The lowest BCUT2D eigenvalue weighted by atomic mass is 9.96. The van der Waals surface area contributed by atoms with Gasteiger partial charge in [-0.25, -0.2) is 0 Å². The molecule has 2 rings (SSSR count). The lowest BCUT2D eigenvalue weighted by molar-refractivity contribution is 0.0338. The van der Waals surface area contributed by atoms with Crippen LogP contribution in [0.25, 0.3) is 0 Å². The largest absolute Gasteiger partial charge is 0.393 e. The van der Waals surface area contributed by atoms with Crippen LogP contribution in [0.1, 0.15) is 31.4 Å². The Kier molecular flexibility index (Phi) is 5.85. The molecule has 3 nitrogen and oxygen atoms in total. The Morgan fingerprint density at radius 1 is 1.50 bits per heavy atom. The Labute approximate surface area is 126 Å². The maximum atomic E-state index is 9.77.